The molecule has 2 amide bonds. The Morgan fingerprint density at radius 2 is 1.87 bits per heavy atom. The predicted molar refractivity (Wildman–Crippen MR) is 103 cm³/mol. The van der Waals surface area contributed by atoms with Crippen LogP contribution in [-0.2, 0) is 11.0 Å². The van der Waals surface area contributed by atoms with E-state index in [-0.39, 0.29) is 24.3 Å². The van der Waals surface area contributed by atoms with Gasteiger partial charge in [-0.05, 0) is 43.2 Å². The number of anilines is 1. The molecule has 1 aromatic carbocycles. The van der Waals surface area contributed by atoms with Gasteiger partial charge in [-0.2, -0.15) is 13.2 Å². The van der Waals surface area contributed by atoms with Crippen LogP contribution in [0.15, 0.2) is 53.9 Å². The Morgan fingerprint density at radius 1 is 1.13 bits per heavy atom. The van der Waals surface area contributed by atoms with Crippen molar-refractivity contribution in [3.05, 3.63) is 70.7 Å². The summed E-state index contributed by atoms with van der Waals surface area (Å²) in [7, 11) is 0. The minimum atomic E-state index is -4.64. The summed E-state index contributed by atoms with van der Waals surface area (Å²) in [5.74, 6) is 5.59. The number of ketones is 1. The molecule has 30 heavy (non-hydrogen) atoms. The molecule has 0 saturated heterocycles. The highest BCUT2D eigenvalue weighted by molar-refractivity contribution is 6.08. The molecule has 2 aromatic rings. The number of pyridine rings is 1. The number of benzene rings is 1. The molecule has 1 atom stereocenters. The largest absolute Gasteiger partial charge is 0.433 e. The van der Waals surface area contributed by atoms with Gasteiger partial charge >= 0.3 is 12.2 Å². The Kier molecular flexibility index (Phi) is 4.82. The average molecular weight is 411 g/mol. The van der Waals surface area contributed by atoms with Crippen LogP contribution in [0, 0.1) is 11.8 Å². The van der Waals surface area contributed by atoms with Crippen LogP contribution in [-0.4, -0.2) is 16.8 Å². The van der Waals surface area contributed by atoms with Crippen LogP contribution in [0.25, 0.3) is 0 Å². The van der Waals surface area contributed by atoms with E-state index in [1.165, 1.54) is 6.07 Å². The number of rotatable bonds is 2. The fourth-order valence-electron chi connectivity index (χ4n) is 3.74. The number of hydrogen-bond acceptors (Lipinski definition) is 3. The lowest BCUT2D eigenvalue weighted by Crippen LogP contribution is -2.47. The fraction of sp³-hybridized carbons (Fsp3) is 0.227. The Bertz CT molecular complexity index is 1120. The highest BCUT2D eigenvalue weighted by atomic mass is 19.4. The molecule has 152 valence electrons. The van der Waals surface area contributed by atoms with Gasteiger partial charge in [-0.25, -0.2) is 4.79 Å². The van der Waals surface area contributed by atoms with Crippen molar-refractivity contribution >= 4 is 17.5 Å². The molecular formula is C22H16F3N3O2. The summed E-state index contributed by atoms with van der Waals surface area (Å²) in [6, 6.07) is 8.03. The second-order valence-corrected chi connectivity index (χ2v) is 6.90. The van der Waals surface area contributed by atoms with E-state index >= 15 is 0 Å². The lowest BCUT2D eigenvalue weighted by atomic mass is 9.94. The van der Waals surface area contributed by atoms with Crippen molar-refractivity contribution in [3.63, 3.8) is 0 Å². The zero-order valence-electron chi connectivity index (χ0n) is 15.9. The van der Waals surface area contributed by atoms with Crippen LogP contribution in [0.2, 0.25) is 0 Å². The van der Waals surface area contributed by atoms with Crippen molar-refractivity contribution in [2.45, 2.75) is 32.0 Å². The van der Waals surface area contributed by atoms with Crippen molar-refractivity contribution in [3.8, 4) is 11.8 Å². The summed E-state index contributed by atoms with van der Waals surface area (Å²) in [5, 5.41) is 2.76. The molecule has 0 saturated carbocycles. The van der Waals surface area contributed by atoms with E-state index in [1.54, 1.807) is 31.2 Å². The van der Waals surface area contributed by atoms with Crippen molar-refractivity contribution in [2.24, 2.45) is 0 Å². The maximum absolute atomic E-state index is 13.1. The standard InChI is InChI=1S/C22H16F3N3O2/c1-2-3-13-4-6-14(7-5-13)20-19-16(8-9-17(19)29)28(21(30)27-20)15-10-11-26-18(12-15)22(23,24)25/h4-7,10-12,20H,8-9H2,1H3,(H,27,30). The highest BCUT2D eigenvalue weighted by Crippen LogP contribution is 2.41. The van der Waals surface area contributed by atoms with Gasteiger partial charge in [0.15, 0.2) is 5.78 Å². The summed E-state index contributed by atoms with van der Waals surface area (Å²) >= 11 is 0. The van der Waals surface area contributed by atoms with E-state index in [4.69, 9.17) is 0 Å². The second-order valence-electron chi connectivity index (χ2n) is 6.90. The van der Waals surface area contributed by atoms with Crippen LogP contribution < -0.4 is 10.2 Å². The van der Waals surface area contributed by atoms with Crippen LogP contribution in [0.3, 0.4) is 0 Å². The third-order valence-electron chi connectivity index (χ3n) is 5.04. The number of Topliss-reactive ketones (excluding diaryl/α,β-unsaturated/α-hetero) is 1. The Hall–Kier alpha value is -3.60. The summed E-state index contributed by atoms with van der Waals surface area (Å²) in [6.45, 7) is 1.72. The Morgan fingerprint density at radius 3 is 2.53 bits per heavy atom. The number of carbonyl (C=O) groups is 2. The van der Waals surface area contributed by atoms with Crippen LogP contribution >= 0.6 is 0 Å². The van der Waals surface area contributed by atoms with Crippen molar-refractivity contribution in [2.75, 3.05) is 4.90 Å². The van der Waals surface area contributed by atoms with E-state index in [0.717, 1.165) is 22.7 Å². The summed E-state index contributed by atoms with van der Waals surface area (Å²) in [6.07, 6.45) is -3.16. The molecule has 0 fully saturated rings. The van der Waals surface area contributed by atoms with E-state index in [2.05, 4.69) is 22.1 Å². The zero-order valence-corrected chi connectivity index (χ0v) is 15.9. The number of aromatic nitrogens is 1. The van der Waals surface area contributed by atoms with Crippen molar-refractivity contribution in [1.82, 2.24) is 10.3 Å². The number of halogens is 3. The van der Waals surface area contributed by atoms with E-state index in [1.807, 2.05) is 0 Å². The van der Waals surface area contributed by atoms with E-state index in [9.17, 15) is 22.8 Å². The molecule has 1 aromatic heterocycles. The van der Waals surface area contributed by atoms with Gasteiger partial charge in [-0.3, -0.25) is 14.7 Å². The lowest BCUT2D eigenvalue weighted by Gasteiger charge is -2.34. The summed E-state index contributed by atoms with van der Waals surface area (Å²) in [5.41, 5.74) is 1.24. The molecule has 2 heterocycles. The first kappa shape index (κ1) is 19.7. The normalized spacial score (nSPS) is 18.7. The Balaban J connectivity index is 1.78. The smallest absolute Gasteiger partial charge is 0.326 e. The van der Waals surface area contributed by atoms with Gasteiger partial charge in [0, 0.05) is 29.5 Å². The number of hydrogen-bond donors (Lipinski definition) is 1. The number of urea groups is 1. The van der Waals surface area contributed by atoms with Crippen molar-refractivity contribution < 1.29 is 22.8 Å². The van der Waals surface area contributed by atoms with Gasteiger partial charge in [0.25, 0.3) is 0 Å². The van der Waals surface area contributed by atoms with Crippen LogP contribution in [0.5, 0.6) is 0 Å². The number of alkyl halides is 3. The number of allylic oxidation sites excluding steroid dienone is 1. The van der Waals surface area contributed by atoms with Gasteiger partial charge in [0.05, 0.1) is 11.7 Å². The zero-order chi connectivity index (χ0) is 21.5. The van der Waals surface area contributed by atoms with Gasteiger partial charge in [-0.1, -0.05) is 18.1 Å². The minimum Gasteiger partial charge on any atom is -0.326 e. The molecule has 4 rings (SSSR count). The maximum atomic E-state index is 13.1. The first-order valence-corrected chi connectivity index (χ1v) is 9.22. The fourth-order valence-corrected chi connectivity index (χ4v) is 3.74. The molecule has 0 radical (unpaired) electrons. The highest BCUT2D eigenvalue weighted by Gasteiger charge is 2.42. The maximum Gasteiger partial charge on any atom is 0.433 e. The molecule has 1 N–H and O–H groups in total. The van der Waals surface area contributed by atoms with Crippen molar-refractivity contribution in [1.29, 1.82) is 0 Å². The topological polar surface area (TPSA) is 62.3 Å². The molecule has 0 bridgehead atoms. The quantitative estimate of drug-likeness (QED) is 0.747. The lowest BCUT2D eigenvalue weighted by molar-refractivity contribution is -0.141. The molecule has 2 aliphatic rings. The first-order chi connectivity index (χ1) is 14.3. The molecule has 1 aliphatic heterocycles. The van der Waals surface area contributed by atoms with Gasteiger partial charge in [0.2, 0.25) is 0 Å². The number of carbonyl (C=O) groups excluding carboxylic acids is 2. The Labute approximate surface area is 170 Å². The minimum absolute atomic E-state index is 0.0176. The monoisotopic (exact) mass is 411 g/mol. The number of amides is 2. The molecule has 1 unspecified atom stereocenters. The average Bonchev–Trinajstić information content (AvgIpc) is 3.09. The summed E-state index contributed by atoms with van der Waals surface area (Å²) < 4.78 is 39.2. The van der Waals surface area contributed by atoms with E-state index < -0.39 is 23.9 Å². The first-order valence-electron chi connectivity index (χ1n) is 9.22. The molecule has 8 heteroatoms. The number of nitrogens with zero attached hydrogens (tertiary/aromatic N) is 2. The van der Waals surface area contributed by atoms with Crippen LogP contribution in [0.1, 0.15) is 42.6 Å². The third-order valence-corrected chi connectivity index (χ3v) is 5.04. The number of nitrogens with one attached hydrogen (secondary N) is 1. The van der Waals surface area contributed by atoms with Gasteiger partial charge in [-0.15, -0.1) is 5.92 Å². The van der Waals surface area contributed by atoms with Gasteiger partial charge in [0.1, 0.15) is 5.69 Å². The second kappa shape index (κ2) is 7.34. The molecule has 0 spiro atoms. The summed E-state index contributed by atoms with van der Waals surface area (Å²) in [4.78, 5) is 30.0. The predicted octanol–water partition coefficient (Wildman–Crippen LogP) is 4.36. The third kappa shape index (κ3) is 3.43. The molecular weight excluding hydrogens is 395 g/mol. The van der Waals surface area contributed by atoms with Crippen LogP contribution in [0.4, 0.5) is 23.7 Å². The van der Waals surface area contributed by atoms with E-state index in [0.29, 0.717) is 16.8 Å². The van der Waals surface area contributed by atoms with Gasteiger partial charge < -0.3 is 5.32 Å². The SMILES string of the molecule is CC#Cc1ccc(C2NC(=O)N(c3ccnc(C(F)(F)F)c3)C3=C2C(=O)CC3)cc1. The molecule has 1 aliphatic carbocycles. The molecule has 5 nitrogen and oxygen atoms in total.